The minimum Gasteiger partial charge on any atom is -0.466 e. The average molecular weight is 353 g/mol. The quantitative estimate of drug-likeness (QED) is 0.804. The van der Waals surface area contributed by atoms with Crippen LogP contribution in [0.5, 0.6) is 0 Å². The van der Waals surface area contributed by atoms with Crippen molar-refractivity contribution >= 4 is 27.6 Å². The van der Waals surface area contributed by atoms with Crippen molar-refractivity contribution in [3.05, 3.63) is 34.0 Å². The lowest BCUT2D eigenvalue weighted by atomic mass is 10.1. The van der Waals surface area contributed by atoms with Gasteiger partial charge in [0.05, 0.1) is 6.04 Å². The number of nitrogens with one attached hydrogen (secondary N) is 2. The lowest BCUT2D eigenvalue weighted by molar-refractivity contribution is 0.499. The Kier molecular flexibility index (Phi) is 5.22. The molecule has 1 unspecified atom stereocenters. The SMILES string of the molecule is CCCNc1ncnc(NC(C)c2cc(C)oc2C)c1Br. The van der Waals surface area contributed by atoms with Gasteiger partial charge in [-0.3, -0.25) is 0 Å². The van der Waals surface area contributed by atoms with Crippen molar-refractivity contribution in [3.8, 4) is 0 Å². The third-order valence-corrected chi connectivity index (χ3v) is 3.98. The van der Waals surface area contributed by atoms with Crippen LogP contribution in [0.15, 0.2) is 21.3 Å². The normalized spacial score (nSPS) is 12.2. The Balaban J connectivity index is 2.17. The molecule has 0 fully saturated rings. The van der Waals surface area contributed by atoms with Crippen LogP contribution in [0.4, 0.5) is 11.6 Å². The molecule has 2 aromatic rings. The number of rotatable bonds is 6. The molecule has 0 aliphatic heterocycles. The Labute approximate surface area is 133 Å². The molecule has 2 rings (SSSR count). The summed E-state index contributed by atoms with van der Waals surface area (Å²) in [5, 5.41) is 6.67. The van der Waals surface area contributed by atoms with Gasteiger partial charge in [0.15, 0.2) is 0 Å². The van der Waals surface area contributed by atoms with Crippen LogP contribution in [0.25, 0.3) is 0 Å². The van der Waals surface area contributed by atoms with Gasteiger partial charge in [0, 0.05) is 12.1 Å². The lowest BCUT2D eigenvalue weighted by Gasteiger charge is -2.16. The van der Waals surface area contributed by atoms with Crippen molar-refractivity contribution in [1.29, 1.82) is 0 Å². The third-order valence-electron chi connectivity index (χ3n) is 3.23. The van der Waals surface area contributed by atoms with E-state index >= 15 is 0 Å². The van der Waals surface area contributed by atoms with E-state index in [0.29, 0.717) is 0 Å². The van der Waals surface area contributed by atoms with E-state index in [0.717, 1.165) is 46.2 Å². The van der Waals surface area contributed by atoms with Gasteiger partial charge in [0.25, 0.3) is 0 Å². The summed E-state index contributed by atoms with van der Waals surface area (Å²) < 4.78 is 6.43. The van der Waals surface area contributed by atoms with E-state index in [1.54, 1.807) is 6.33 Å². The smallest absolute Gasteiger partial charge is 0.146 e. The summed E-state index contributed by atoms with van der Waals surface area (Å²) in [7, 11) is 0. The van der Waals surface area contributed by atoms with Crippen molar-refractivity contribution < 1.29 is 4.42 Å². The minimum atomic E-state index is 0.104. The van der Waals surface area contributed by atoms with Gasteiger partial charge >= 0.3 is 0 Å². The number of hydrogen-bond donors (Lipinski definition) is 2. The summed E-state index contributed by atoms with van der Waals surface area (Å²) in [4.78, 5) is 8.56. The maximum Gasteiger partial charge on any atom is 0.146 e. The zero-order valence-electron chi connectivity index (χ0n) is 12.8. The first-order valence-corrected chi connectivity index (χ1v) is 7.90. The Morgan fingerprint density at radius 1 is 1.29 bits per heavy atom. The molecule has 5 nitrogen and oxygen atoms in total. The first kappa shape index (κ1) is 15.8. The minimum absolute atomic E-state index is 0.104. The highest BCUT2D eigenvalue weighted by molar-refractivity contribution is 9.10. The summed E-state index contributed by atoms with van der Waals surface area (Å²) in [6, 6.07) is 2.16. The van der Waals surface area contributed by atoms with Gasteiger partial charge in [-0.2, -0.15) is 0 Å². The topological polar surface area (TPSA) is 63.0 Å². The highest BCUT2D eigenvalue weighted by Gasteiger charge is 2.15. The molecule has 0 spiro atoms. The van der Waals surface area contributed by atoms with Gasteiger partial charge in [-0.1, -0.05) is 6.92 Å². The number of furan rings is 1. The van der Waals surface area contributed by atoms with Crippen molar-refractivity contribution in [3.63, 3.8) is 0 Å². The molecule has 2 heterocycles. The molecular formula is C15H21BrN4O. The van der Waals surface area contributed by atoms with E-state index in [2.05, 4.69) is 56.4 Å². The summed E-state index contributed by atoms with van der Waals surface area (Å²) in [6.45, 7) is 9.02. The average Bonchev–Trinajstić information content (AvgIpc) is 2.79. The molecule has 0 bridgehead atoms. The number of aryl methyl sites for hydroxylation is 2. The Morgan fingerprint density at radius 3 is 2.62 bits per heavy atom. The molecule has 0 amide bonds. The monoisotopic (exact) mass is 352 g/mol. The van der Waals surface area contributed by atoms with Crippen LogP contribution in [-0.4, -0.2) is 16.5 Å². The van der Waals surface area contributed by atoms with E-state index in [1.165, 1.54) is 0 Å². The summed E-state index contributed by atoms with van der Waals surface area (Å²) in [5.41, 5.74) is 1.14. The van der Waals surface area contributed by atoms with Gasteiger partial charge in [-0.25, -0.2) is 9.97 Å². The largest absolute Gasteiger partial charge is 0.466 e. The van der Waals surface area contributed by atoms with Crippen LogP contribution in [0, 0.1) is 13.8 Å². The van der Waals surface area contributed by atoms with Crippen LogP contribution in [0.1, 0.15) is 43.4 Å². The van der Waals surface area contributed by atoms with Gasteiger partial charge in [0.1, 0.15) is 34.0 Å². The Morgan fingerprint density at radius 2 is 2.00 bits per heavy atom. The molecular weight excluding hydrogens is 332 g/mol. The van der Waals surface area contributed by atoms with Gasteiger partial charge in [0.2, 0.25) is 0 Å². The second kappa shape index (κ2) is 6.93. The molecule has 0 saturated carbocycles. The third kappa shape index (κ3) is 3.75. The van der Waals surface area contributed by atoms with Gasteiger partial charge < -0.3 is 15.1 Å². The first-order valence-electron chi connectivity index (χ1n) is 7.10. The zero-order valence-corrected chi connectivity index (χ0v) is 14.4. The summed E-state index contributed by atoms with van der Waals surface area (Å²) in [6.07, 6.45) is 2.61. The Hall–Kier alpha value is -1.56. The van der Waals surface area contributed by atoms with Crippen molar-refractivity contribution in [2.75, 3.05) is 17.2 Å². The molecule has 2 aromatic heterocycles. The number of aromatic nitrogens is 2. The predicted molar refractivity (Wildman–Crippen MR) is 88.7 cm³/mol. The number of halogens is 1. The van der Waals surface area contributed by atoms with Gasteiger partial charge in [-0.15, -0.1) is 0 Å². The molecule has 114 valence electrons. The van der Waals surface area contributed by atoms with E-state index in [-0.39, 0.29) is 6.04 Å². The second-order valence-corrected chi connectivity index (χ2v) is 5.84. The lowest BCUT2D eigenvalue weighted by Crippen LogP contribution is -2.11. The van der Waals surface area contributed by atoms with Crippen molar-refractivity contribution in [2.24, 2.45) is 0 Å². The molecule has 0 saturated heterocycles. The molecule has 6 heteroatoms. The fourth-order valence-electron chi connectivity index (χ4n) is 2.20. The maximum atomic E-state index is 5.58. The standard InChI is InChI=1S/C15H21BrN4O/c1-5-6-17-14-13(16)15(19-8-18-14)20-10(3)12-7-9(2)21-11(12)4/h7-8,10H,5-6H2,1-4H3,(H2,17,18,19,20). The van der Waals surface area contributed by atoms with Crippen molar-refractivity contribution in [1.82, 2.24) is 9.97 Å². The fourth-order valence-corrected chi connectivity index (χ4v) is 2.66. The first-order chi connectivity index (χ1) is 10.0. The van der Waals surface area contributed by atoms with Crippen LogP contribution in [0.2, 0.25) is 0 Å². The molecule has 2 N–H and O–H groups in total. The van der Waals surface area contributed by atoms with Crippen molar-refractivity contribution in [2.45, 2.75) is 40.2 Å². The second-order valence-electron chi connectivity index (χ2n) is 5.05. The molecule has 0 aliphatic carbocycles. The summed E-state index contributed by atoms with van der Waals surface area (Å²) in [5.74, 6) is 3.43. The number of nitrogens with zero attached hydrogens (tertiary/aromatic N) is 2. The Bertz CT molecular complexity index is 612. The molecule has 0 radical (unpaired) electrons. The summed E-state index contributed by atoms with van der Waals surface area (Å²) >= 11 is 3.56. The number of hydrogen-bond acceptors (Lipinski definition) is 5. The van der Waals surface area contributed by atoms with E-state index in [4.69, 9.17) is 4.42 Å². The van der Waals surface area contributed by atoms with Crippen LogP contribution in [0.3, 0.4) is 0 Å². The van der Waals surface area contributed by atoms with Crippen LogP contribution >= 0.6 is 15.9 Å². The van der Waals surface area contributed by atoms with E-state index < -0.39 is 0 Å². The molecule has 0 aliphatic rings. The maximum absolute atomic E-state index is 5.58. The highest BCUT2D eigenvalue weighted by atomic mass is 79.9. The van der Waals surface area contributed by atoms with E-state index in [1.807, 2.05) is 13.8 Å². The highest BCUT2D eigenvalue weighted by Crippen LogP contribution is 2.30. The predicted octanol–water partition coefficient (Wildman–Crippen LogP) is 4.44. The van der Waals surface area contributed by atoms with E-state index in [9.17, 15) is 0 Å². The molecule has 0 aromatic carbocycles. The molecule has 21 heavy (non-hydrogen) atoms. The number of anilines is 2. The van der Waals surface area contributed by atoms with Crippen LogP contribution in [-0.2, 0) is 0 Å². The molecule has 1 atom stereocenters. The van der Waals surface area contributed by atoms with Gasteiger partial charge in [-0.05, 0) is 49.2 Å². The fraction of sp³-hybridized carbons (Fsp3) is 0.467. The van der Waals surface area contributed by atoms with Crippen LogP contribution < -0.4 is 10.6 Å². The zero-order chi connectivity index (χ0) is 15.4.